The Hall–Kier alpha value is -0.690. The molecule has 0 aromatic carbocycles. The van der Waals surface area contributed by atoms with Crippen molar-refractivity contribution in [2.45, 2.75) is 12.5 Å². The standard InChI is InChI=1S/C9H9IN2O2/c10-8-2-1-6(4-11-8)12-5-7(13)3-9(12)14/h1-2,4,7,13H,3,5H2/t7-/m1/s1. The molecule has 0 radical (unpaired) electrons. The monoisotopic (exact) mass is 304 g/mol. The van der Waals surface area contributed by atoms with Crippen LogP contribution >= 0.6 is 22.6 Å². The summed E-state index contributed by atoms with van der Waals surface area (Å²) in [5.41, 5.74) is 0.756. The van der Waals surface area contributed by atoms with Crippen molar-refractivity contribution >= 4 is 34.2 Å². The van der Waals surface area contributed by atoms with Gasteiger partial charge in [0.15, 0.2) is 0 Å². The van der Waals surface area contributed by atoms with Crippen molar-refractivity contribution in [1.29, 1.82) is 0 Å². The lowest BCUT2D eigenvalue weighted by molar-refractivity contribution is -0.117. The Morgan fingerprint density at radius 2 is 2.36 bits per heavy atom. The van der Waals surface area contributed by atoms with Gasteiger partial charge in [0.1, 0.15) is 3.70 Å². The third kappa shape index (κ3) is 1.88. The molecule has 1 amide bonds. The number of pyridine rings is 1. The molecule has 14 heavy (non-hydrogen) atoms. The van der Waals surface area contributed by atoms with Crippen molar-refractivity contribution < 1.29 is 9.90 Å². The minimum absolute atomic E-state index is 0.0412. The number of hydrogen-bond acceptors (Lipinski definition) is 3. The van der Waals surface area contributed by atoms with Crippen LogP contribution in [0.5, 0.6) is 0 Å². The number of carbonyl (C=O) groups excluding carboxylic acids is 1. The van der Waals surface area contributed by atoms with E-state index in [-0.39, 0.29) is 12.3 Å². The summed E-state index contributed by atoms with van der Waals surface area (Å²) in [4.78, 5) is 17.1. The number of β-amino-alcohol motifs (C(OH)–C–C–N with tert-alkyl or cyclic N) is 1. The second-order valence-corrected chi connectivity index (χ2v) is 4.31. The molecule has 0 aliphatic carbocycles. The van der Waals surface area contributed by atoms with Gasteiger partial charge < -0.3 is 10.0 Å². The fraction of sp³-hybridized carbons (Fsp3) is 0.333. The van der Waals surface area contributed by atoms with Crippen LogP contribution in [-0.2, 0) is 4.79 Å². The molecule has 4 nitrogen and oxygen atoms in total. The second-order valence-electron chi connectivity index (χ2n) is 3.20. The highest BCUT2D eigenvalue weighted by Gasteiger charge is 2.28. The molecule has 1 aliphatic heterocycles. The summed E-state index contributed by atoms with van der Waals surface area (Å²) >= 11 is 2.11. The highest BCUT2D eigenvalue weighted by molar-refractivity contribution is 14.1. The van der Waals surface area contributed by atoms with Crippen LogP contribution in [0.25, 0.3) is 0 Å². The molecule has 1 saturated heterocycles. The molecule has 2 rings (SSSR count). The Labute approximate surface area is 95.1 Å². The van der Waals surface area contributed by atoms with Gasteiger partial charge in [-0.3, -0.25) is 4.79 Å². The number of aliphatic hydroxyl groups is 1. The molecular weight excluding hydrogens is 295 g/mol. The zero-order valence-corrected chi connectivity index (χ0v) is 9.51. The van der Waals surface area contributed by atoms with Crippen LogP contribution in [0.3, 0.4) is 0 Å². The lowest BCUT2D eigenvalue weighted by Gasteiger charge is -2.14. The number of aromatic nitrogens is 1. The Bertz CT molecular complexity index is 352. The summed E-state index contributed by atoms with van der Waals surface area (Å²) < 4.78 is 0.888. The first-order chi connectivity index (χ1) is 6.66. The van der Waals surface area contributed by atoms with E-state index in [4.69, 9.17) is 0 Å². The lowest BCUT2D eigenvalue weighted by atomic mass is 10.3. The van der Waals surface area contributed by atoms with Crippen LogP contribution < -0.4 is 4.90 Å². The second kappa shape index (κ2) is 3.82. The summed E-state index contributed by atoms with van der Waals surface area (Å²) in [6.45, 7) is 0.376. The number of rotatable bonds is 1. The fourth-order valence-corrected chi connectivity index (χ4v) is 1.79. The first-order valence-corrected chi connectivity index (χ1v) is 5.34. The predicted octanol–water partition coefficient (Wildman–Crippen LogP) is 0.784. The number of carbonyl (C=O) groups is 1. The quantitative estimate of drug-likeness (QED) is 0.616. The summed E-state index contributed by atoms with van der Waals surface area (Å²) in [5.74, 6) is -0.0412. The highest BCUT2D eigenvalue weighted by atomic mass is 127. The Kier molecular flexibility index (Phi) is 2.69. The third-order valence-electron chi connectivity index (χ3n) is 2.13. The van der Waals surface area contributed by atoms with Gasteiger partial charge in [-0.25, -0.2) is 4.98 Å². The first-order valence-electron chi connectivity index (χ1n) is 4.27. The van der Waals surface area contributed by atoms with Gasteiger partial charge in [0.2, 0.25) is 5.91 Å². The van der Waals surface area contributed by atoms with Gasteiger partial charge in [-0.05, 0) is 34.7 Å². The van der Waals surface area contributed by atoms with E-state index >= 15 is 0 Å². The van der Waals surface area contributed by atoms with Crippen molar-refractivity contribution in [2.24, 2.45) is 0 Å². The van der Waals surface area contributed by atoms with E-state index in [0.717, 1.165) is 9.39 Å². The van der Waals surface area contributed by atoms with Gasteiger partial charge in [-0.1, -0.05) is 0 Å². The molecule has 1 aromatic rings. The molecule has 5 heteroatoms. The van der Waals surface area contributed by atoms with Crippen molar-refractivity contribution in [3.8, 4) is 0 Å². The van der Waals surface area contributed by atoms with Crippen molar-refractivity contribution in [3.05, 3.63) is 22.0 Å². The van der Waals surface area contributed by atoms with Crippen LogP contribution in [0, 0.1) is 3.70 Å². The largest absolute Gasteiger partial charge is 0.391 e. The molecule has 2 heterocycles. The van der Waals surface area contributed by atoms with Gasteiger partial charge in [-0.2, -0.15) is 0 Å². The first kappa shape index (κ1) is 9.85. The molecule has 74 valence electrons. The Balaban J connectivity index is 2.23. The molecular formula is C9H9IN2O2. The van der Waals surface area contributed by atoms with Crippen molar-refractivity contribution in [3.63, 3.8) is 0 Å². The van der Waals surface area contributed by atoms with E-state index in [1.165, 1.54) is 0 Å². The number of nitrogens with zero attached hydrogens (tertiary/aromatic N) is 2. The van der Waals surface area contributed by atoms with Gasteiger partial charge >= 0.3 is 0 Å². The van der Waals surface area contributed by atoms with Gasteiger partial charge in [0.25, 0.3) is 0 Å². The predicted molar refractivity (Wildman–Crippen MR) is 59.9 cm³/mol. The number of anilines is 1. The molecule has 0 bridgehead atoms. The summed E-state index contributed by atoms with van der Waals surface area (Å²) in [5, 5.41) is 9.30. The van der Waals surface area contributed by atoms with Crippen LogP contribution in [0.1, 0.15) is 6.42 Å². The molecule has 1 aliphatic rings. The molecule has 0 unspecified atom stereocenters. The minimum atomic E-state index is -0.540. The smallest absolute Gasteiger partial charge is 0.229 e. The number of halogens is 1. The van der Waals surface area contributed by atoms with Gasteiger partial charge in [-0.15, -0.1) is 0 Å². The number of aliphatic hydroxyl groups excluding tert-OH is 1. The van der Waals surface area contributed by atoms with E-state index < -0.39 is 6.10 Å². The van der Waals surface area contributed by atoms with E-state index in [2.05, 4.69) is 27.6 Å². The van der Waals surface area contributed by atoms with Crippen LogP contribution in [0.15, 0.2) is 18.3 Å². The van der Waals surface area contributed by atoms with E-state index in [0.29, 0.717) is 6.54 Å². The van der Waals surface area contributed by atoms with E-state index in [9.17, 15) is 9.90 Å². The minimum Gasteiger partial charge on any atom is -0.391 e. The van der Waals surface area contributed by atoms with Crippen LogP contribution in [-0.4, -0.2) is 28.6 Å². The highest BCUT2D eigenvalue weighted by Crippen LogP contribution is 2.20. The van der Waals surface area contributed by atoms with E-state index in [1.807, 2.05) is 12.1 Å². The Morgan fingerprint density at radius 1 is 1.57 bits per heavy atom. The maximum absolute atomic E-state index is 11.4. The average molecular weight is 304 g/mol. The maximum Gasteiger partial charge on any atom is 0.229 e. The Morgan fingerprint density at radius 3 is 2.86 bits per heavy atom. The van der Waals surface area contributed by atoms with Crippen LogP contribution in [0.2, 0.25) is 0 Å². The van der Waals surface area contributed by atoms with Crippen molar-refractivity contribution in [2.75, 3.05) is 11.4 Å². The molecule has 1 atom stereocenters. The van der Waals surface area contributed by atoms with Crippen LogP contribution in [0.4, 0.5) is 5.69 Å². The van der Waals surface area contributed by atoms with Gasteiger partial charge in [0.05, 0.1) is 31.0 Å². The van der Waals surface area contributed by atoms with E-state index in [1.54, 1.807) is 11.1 Å². The number of amides is 1. The third-order valence-corrected chi connectivity index (χ3v) is 2.77. The maximum atomic E-state index is 11.4. The normalized spacial score (nSPS) is 21.7. The molecule has 1 aromatic heterocycles. The SMILES string of the molecule is O=C1C[C@@H](O)CN1c1ccc(I)nc1. The molecule has 0 saturated carbocycles. The zero-order valence-electron chi connectivity index (χ0n) is 7.35. The fourth-order valence-electron chi connectivity index (χ4n) is 1.47. The average Bonchev–Trinajstić information content (AvgIpc) is 2.47. The zero-order chi connectivity index (χ0) is 10.1. The van der Waals surface area contributed by atoms with Gasteiger partial charge in [0, 0.05) is 0 Å². The number of hydrogen-bond donors (Lipinski definition) is 1. The summed E-state index contributed by atoms with van der Waals surface area (Å²) in [6.07, 6.45) is 1.32. The molecule has 1 fully saturated rings. The summed E-state index contributed by atoms with van der Waals surface area (Å²) in [7, 11) is 0. The topological polar surface area (TPSA) is 53.4 Å². The lowest BCUT2D eigenvalue weighted by Crippen LogP contribution is -2.25. The molecule has 0 spiro atoms. The van der Waals surface area contributed by atoms with Crippen molar-refractivity contribution in [1.82, 2.24) is 4.98 Å². The summed E-state index contributed by atoms with van der Waals surface area (Å²) in [6, 6.07) is 3.68. The molecule has 1 N–H and O–H groups in total.